The number of hydrogen-bond acceptors (Lipinski definition) is 6. The summed E-state index contributed by atoms with van der Waals surface area (Å²) in [5.41, 5.74) is -0.0513. The van der Waals surface area contributed by atoms with E-state index in [4.69, 9.17) is 19.3 Å². The summed E-state index contributed by atoms with van der Waals surface area (Å²) in [4.78, 5) is 10.4. The van der Waals surface area contributed by atoms with E-state index in [2.05, 4.69) is 0 Å². The van der Waals surface area contributed by atoms with E-state index in [0.717, 1.165) is 0 Å². The summed E-state index contributed by atoms with van der Waals surface area (Å²) < 4.78 is 41.5. The average Bonchev–Trinajstić information content (AvgIpc) is 2.36. The number of rotatable bonds is 6. The van der Waals surface area contributed by atoms with E-state index < -0.39 is 16.3 Å². The summed E-state index contributed by atoms with van der Waals surface area (Å²) in [7, 11) is -0.266. The lowest BCUT2D eigenvalue weighted by molar-refractivity contribution is 0.201. The van der Waals surface area contributed by atoms with Gasteiger partial charge in [-0.1, -0.05) is 0 Å². The second-order valence-electron chi connectivity index (χ2n) is 3.42. The second kappa shape index (κ2) is 6.19. The zero-order valence-corrected chi connectivity index (χ0v) is 11.8. The van der Waals surface area contributed by atoms with Crippen LogP contribution in [0.3, 0.4) is 0 Å². The van der Waals surface area contributed by atoms with Crippen LogP contribution in [0.15, 0.2) is 12.1 Å². The van der Waals surface area contributed by atoms with Crippen molar-refractivity contribution in [3.63, 3.8) is 0 Å². The van der Waals surface area contributed by atoms with E-state index in [0.29, 0.717) is 5.75 Å². The molecule has 0 radical (unpaired) electrons. The van der Waals surface area contributed by atoms with Crippen LogP contribution in [0.25, 0.3) is 0 Å². The molecule has 0 aliphatic heterocycles. The third kappa shape index (κ3) is 3.82. The molecule has 3 N–H and O–H groups in total. The van der Waals surface area contributed by atoms with E-state index in [1.54, 1.807) is 0 Å². The standard InChI is InChI=1S/C10H14N2O7S/c1-17-6-4-7(18-2)9(8(5-6)19-3)11-20(15,16)12-10(13)14/h4-5,11-12H,1-3H3,(H,13,14). The van der Waals surface area contributed by atoms with Crippen LogP contribution in [0.1, 0.15) is 0 Å². The maximum absolute atomic E-state index is 11.6. The summed E-state index contributed by atoms with van der Waals surface area (Å²) in [5.74, 6) is 0.599. The molecule has 0 aliphatic carbocycles. The number of anilines is 1. The van der Waals surface area contributed by atoms with Crippen molar-refractivity contribution in [2.75, 3.05) is 26.1 Å². The molecule has 1 aromatic carbocycles. The Labute approximate surface area is 115 Å². The van der Waals surface area contributed by atoms with Crippen molar-refractivity contribution < 1.29 is 32.5 Å². The molecule has 0 saturated carbocycles. The van der Waals surface area contributed by atoms with Gasteiger partial charge in [-0.15, -0.1) is 0 Å². The van der Waals surface area contributed by atoms with Crippen LogP contribution in [0.2, 0.25) is 0 Å². The van der Waals surface area contributed by atoms with Gasteiger partial charge >= 0.3 is 16.3 Å². The van der Waals surface area contributed by atoms with E-state index in [-0.39, 0.29) is 17.2 Å². The van der Waals surface area contributed by atoms with Crippen molar-refractivity contribution in [1.29, 1.82) is 0 Å². The first-order valence-electron chi connectivity index (χ1n) is 5.16. The largest absolute Gasteiger partial charge is 0.496 e. The van der Waals surface area contributed by atoms with Crippen molar-refractivity contribution in [3.8, 4) is 17.2 Å². The summed E-state index contributed by atoms with van der Waals surface area (Å²) in [6.45, 7) is 0. The maximum Gasteiger partial charge on any atom is 0.419 e. The van der Waals surface area contributed by atoms with E-state index >= 15 is 0 Å². The Bertz CT molecular complexity index is 575. The molecule has 0 fully saturated rings. The monoisotopic (exact) mass is 306 g/mol. The smallest absolute Gasteiger partial charge is 0.419 e. The lowest BCUT2D eigenvalue weighted by atomic mass is 10.2. The van der Waals surface area contributed by atoms with Crippen LogP contribution >= 0.6 is 0 Å². The quantitative estimate of drug-likeness (QED) is 0.704. The highest BCUT2D eigenvalue weighted by Gasteiger charge is 2.20. The summed E-state index contributed by atoms with van der Waals surface area (Å²) in [6, 6.07) is 2.84. The molecule has 0 aromatic heterocycles. The summed E-state index contributed by atoms with van der Waals surface area (Å²) in [6.07, 6.45) is -1.72. The predicted octanol–water partition coefficient (Wildman–Crippen LogP) is 0.637. The molecule has 1 aromatic rings. The van der Waals surface area contributed by atoms with Crippen LogP contribution in [-0.2, 0) is 10.2 Å². The minimum atomic E-state index is -4.32. The highest BCUT2D eigenvalue weighted by Crippen LogP contribution is 2.39. The highest BCUT2D eigenvalue weighted by molar-refractivity contribution is 7.91. The van der Waals surface area contributed by atoms with Gasteiger partial charge in [-0.3, -0.25) is 4.72 Å². The molecule has 9 nitrogen and oxygen atoms in total. The Kier molecular flexibility index (Phi) is 4.86. The van der Waals surface area contributed by atoms with E-state index in [1.807, 2.05) is 4.72 Å². The molecule has 112 valence electrons. The van der Waals surface area contributed by atoms with Gasteiger partial charge in [0.2, 0.25) is 0 Å². The Morgan fingerprint density at radius 2 is 1.60 bits per heavy atom. The van der Waals surface area contributed by atoms with Gasteiger partial charge in [-0.2, -0.15) is 8.42 Å². The number of hydrogen-bond donors (Lipinski definition) is 3. The molecule has 1 rings (SSSR count). The van der Waals surface area contributed by atoms with Gasteiger partial charge in [0.05, 0.1) is 21.3 Å². The Hall–Kier alpha value is -2.36. The van der Waals surface area contributed by atoms with Gasteiger partial charge in [0.15, 0.2) is 11.5 Å². The number of carboxylic acid groups (broad SMARTS) is 1. The third-order valence-electron chi connectivity index (χ3n) is 2.17. The van der Waals surface area contributed by atoms with Gasteiger partial charge in [0.1, 0.15) is 11.4 Å². The van der Waals surface area contributed by atoms with Crippen molar-refractivity contribution in [1.82, 2.24) is 4.72 Å². The second-order valence-corrected chi connectivity index (χ2v) is 4.83. The van der Waals surface area contributed by atoms with Gasteiger partial charge < -0.3 is 19.3 Å². The molecular weight excluding hydrogens is 292 g/mol. The van der Waals surface area contributed by atoms with Gasteiger partial charge in [-0.05, 0) is 0 Å². The highest BCUT2D eigenvalue weighted by atomic mass is 32.2. The number of amides is 1. The Morgan fingerprint density at radius 1 is 1.10 bits per heavy atom. The molecule has 10 heteroatoms. The van der Waals surface area contributed by atoms with Crippen LogP contribution in [0.5, 0.6) is 17.2 Å². The summed E-state index contributed by atoms with van der Waals surface area (Å²) >= 11 is 0. The lowest BCUT2D eigenvalue weighted by Crippen LogP contribution is -2.34. The third-order valence-corrected chi connectivity index (χ3v) is 3.09. The van der Waals surface area contributed by atoms with Crippen LogP contribution in [0.4, 0.5) is 10.5 Å². The zero-order chi connectivity index (χ0) is 15.3. The molecular formula is C10H14N2O7S. The molecule has 20 heavy (non-hydrogen) atoms. The first kappa shape index (κ1) is 15.7. The van der Waals surface area contributed by atoms with Gasteiger partial charge in [0, 0.05) is 12.1 Å². The molecule has 0 atom stereocenters. The molecule has 0 spiro atoms. The fourth-order valence-corrected chi connectivity index (χ4v) is 2.13. The van der Waals surface area contributed by atoms with Crippen molar-refractivity contribution in [3.05, 3.63) is 12.1 Å². The zero-order valence-electron chi connectivity index (χ0n) is 11.0. The molecule has 0 aliphatic rings. The minimum absolute atomic E-state index is 0.0513. The van der Waals surface area contributed by atoms with Gasteiger partial charge in [0.25, 0.3) is 0 Å². The first-order valence-corrected chi connectivity index (χ1v) is 6.64. The van der Waals surface area contributed by atoms with Crippen molar-refractivity contribution in [2.24, 2.45) is 0 Å². The first-order chi connectivity index (χ1) is 9.32. The van der Waals surface area contributed by atoms with E-state index in [9.17, 15) is 13.2 Å². The Balaban J connectivity index is 3.26. The SMILES string of the molecule is COc1cc(OC)c(NS(=O)(=O)NC(=O)O)c(OC)c1. The van der Waals surface area contributed by atoms with E-state index in [1.165, 1.54) is 38.2 Å². The minimum Gasteiger partial charge on any atom is -0.496 e. The fraction of sp³-hybridized carbons (Fsp3) is 0.300. The Morgan fingerprint density at radius 3 is 1.95 bits per heavy atom. The van der Waals surface area contributed by atoms with Crippen molar-refractivity contribution in [2.45, 2.75) is 0 Å². The molecule has 0 unspecified atom stereocenters. The number of ether oxygens (including phenoxy) is 3. The fourth-order valence-electron chi connectivity index (χ4n) is 1.38. The lowest BCUT2D eigenvalue weighted by Gasteiger charge is -2.16. The maximum atomic E-state index is 11.6. The average molecular weight is 306 g/mol. The van der Waals surface area contributed by atoms with Crippen LogP contribution in [-0.4, -0.2) is 40.9 Å². The number of carbonyl (C=O) groups is 1. The summed E-state index contributed by atoms with van der Waals surface area (Å²) in [5, 5.41) is 8.45. The molecule has 0 saturated heterocycles. The molecule has 0 heterocycles. The molecule has 1 amide bonds. The molecule has 0 bridgehead atoms. The van der Waals surface area contributed by atoms with Crippen LogP contribution in [0, 0.1) is 0 Å². The predicted molar refractivity (Wildman–Crippen MR) is 69.8 cm³/mol. The normalized spacial score (nSPS) is 10.6. The van der Waals surface area contributed by atoms with Gasteiger partial charge in [-0.25, -0.2) is 9.52 Å². The number of methoxy groups -OCH3 is 3. The topological polar surface area (TPSA) is 123 Å². The number of benzene rings is 1. The van der Waals surface area contributed by atoms with Crippen LogP contribution < -0.4 is 23.7 Å². The van der Waals surface area contributed by atoms with Crippen molar-refractivity contribution >= 4 is 22.0 Å². The number of nitrogens with one attached hydrogen (secondary N) is 2.